The van der Waals surface area contributed by atoms with Crippen LogP contribution in [0.3, 0.4) is 0 Å². The number of carbonyl (C=O) groups excluding carboxylic acids is 1. The highest BCUT2D eigenvalue weighted by atomic mass is 19.1. The Labute approximate surface area is 211 Å². The zero-order chi connectivity index (χ0) is 25.1. The van der Waals surface area contributed by atoms with Crippen molar-refractivity contribution in [3.05, 3.63) is 83.9 Å². The number of carbonyl (C=O) groups is 1. The average molecular weight is 486 g/mol. The van der Waals surface area contributed by atoms with Gasteiger partial charge in [0.15, 0.2) is 5.78 Å². The van der Waals surface area contributed by atoms with Crippen molar-refractivity contribution in [3.63, 3.8) is 0 Å². The van der Waals surface area contributed by atoms with E-state index < -0.39 is 0 Å². The van der Waals surface area contributed by atoms with Gasteiger partial charge in [0.25, 0.3) is 0 Å². The van der Waals surface area contributed by atoms with Gasteiger partial charge in [-0.15, -0.1) is 0 Å². The molecule has 5 nitrogen and oxygen atoms in total. The minimum atomic E-state index is -0.215. The van der Waals surface area contributed by atoms with Crippen LogP contribution in [-0.4, -0.2) is 41.6 Å². The summed E-state index contributed by atoms with van der Waals surface area (Å²) in [5, 5.41) is 0.968. The normalized spacial score (nSPS) is 14.8. The molecule has 2 aromatic heterocycles. The van der Waals surface area contributed by atoms with E-state index in [2.05, 4.69) is 47.1 Å². The maximum absolute atomic E-state index is 13.5. The van der Waals surface area contributed by atoms with Crippen LogP contribution in [-0.2, 0) is 11.8 Å². The number of pyridine rings is 1. The van der Waals surface area contributed by atoms with Crippen molar-refractivity contribution in [1.82, 2.24) is 9.55 Å². The minimum Gasteiger partial charge on any atom is -0.378 e. The summed E-state index contributed by atoms with van der Waals surface area (Å²) in [7, 11) is 1.98. The third-order valence-electron chi connectivity index (χ3n) is 7.16. The van der Waals surface area contributed by atoms with E-state index in [1.54, 1.807) is 12.1 Å². The second kappa shape index (κ2) is 10.6. The Morgan fingerprint density at radius 1 is 1.08 bits per heavy atom. The van der Waals surface area contributed by atoms with Gasteiger partial charge >= 0.3 is 0 Å². The summed E-state index contributed by atoms with van der Waals surface area (Å²) in [6, 6.07) is 17.1. The first kappa shape index (κ1) is 24.2. The van der Waals surface area contributed by atoms with Gasteiger partial charge in [-0.1, -0.05) is 25.1 Å². The highest BCUT2D eigenvalue weighted by molar-refractivity contribution is 6.09. The molecule has 0 amide bonds. The number of halogens is 1. The molecule has 3 heterocycles. The summed E-state index contributed by atoms with van der Waals surface area (Å²) in [6.45, 7) is 5.26. The molecule has 5 rings (SSSR count). The number of rotatable bonds is 8. The number of ether oxygens (including phenoxy) is 1. The molecule has 1 saturated heterocycles. The number of hydrogen-bond donors (Lipinski definition) is 0. The van der Waals surface area contributed by atoms with Gasteiger partial charge in [0, 0.05) is 61.0 Å². The Morgan fingerprint density at radius 2 is 1.89 bits per heavy atom. The number of morpholine rings is 1. The molecule has 186 valence electrons. The molecule has 0 spiro atoms. The van der Waals surface area contributed by atoms with E-state index in [0.717, 1.165) is 78.1 Å². The third kappa shape index (κ3) is 5.19. The molecule has 0 aliphatic carbocycles. The van der Waals surface area contributed by atoms with Gasteiger partial charge in [0.05, 0.1) is 13.2 Å². The lowest BCUT2D eigenvalue weighted by Crippen LogP contribution is -2.36. The number of anilines is 1. The van der Waals surface area contributed by atoms with Gasteiger partial charge in [0.1, 0.15) is 11.6 Å². The van der Waals surface area contributed by atoms with E-state index in [9.17, 15) is 9.18 Å². The van der Waals surface area contributed by atoms with E-state index in [1.165, 1.54) is 6.07 Å². The van der Waals surface area contributed by atoms with Crippen molar-refractivity contribution < 1.29 is 13.9 Å². The zero-order valence-electron chi connectivity index (χ0n) is 20.9. The highest BCUT2D eigenvalue weighted by Gasteiger charge is 2.17. The molecule has 1 aliphatic rings. The van der Waals surface area contributed by atoms with Gasteiger partial charge in [-0.25, -0.2) is 9.37 Å². The van der Waals surface area contributed by atoms with Gasteiger partial charge in [0.2, 0.25) is 0 Å². The van der Waals surface area contributed by atoms with Crippen LogP contribution >= 0.6 is 0 Å². The van der Waals surface area contributed by atoms with Crippen LogP contribution in [0.1, 0.15) is 48.0 Å². The Morgan fingerprint density at radius 3 is 2.64 bits per heavy atom. The second-order valence-corrected chi connectivity index (χ2v) is 9.66. The fourth-order valence-corrected chi connectivity index (χ4v) is 5.01. The van der Waals surface area contributed by atoms with Gasteiger partial charge < -0.3 is 14.2 Å². The smallest absolute Gasteiger partial charge is 0.165 e. The SMILES string of the molecule is C[C@H](CCCC(=O)c1cn(C)c2ccc(-c3ccc(N4CCOCC4)nc3)cc12)c1cccc(F)c1. The van der Waals surface area contributed by atoms with Crippen molar-refractivity contribution >= 4 is 22.5 Å². The summed E-state index contributed by atoms with van der Waals surface area (Å²) in [4.78, 5) is 20.1. The van der Waals surface area contributed by atoms with Crippen molar-refractivity contribution in [3.8, 4) is 11.1 Å². The molecule has 36 heavy (non-hydrogen) atoms. The number of hydrogen-bond acceptors (Lipinski definition) is 4. The summed E-state index contributed by atoms with van der Waals surface area (Å²) >= 11 is 0. The Kier molecular flexibility index (Phi) is 7.14. The van der Waals surface area contributed by atoms with Gasteiger partial charge in [-0.05, 0) is 66.3 Å². The molecule has 1 fully saturated rings. The van der Waals surface area contributed by atoms with E-state index >= 15 is 0 Å². The molecule has 0 radical (unpaired) electrons. The van der Waals surface area contributed by atoms with Crippen LogP contribution in [0.2, 0.25) is 0 Å². The maximum atomic E-state index is 13.5. The number of aromatic nitrogens is 2. The first-order chi connectivity index (χ1) is 17.5. The number of benzene rings is 2. The summed E-state index contributed by atoms with van der Waals surface area (Å²) in [5.74, 6) is 1.10. The number of nitrogens with zero attached hydrogens (tertiary/aromatic N) is 3. The molecular weight excluding hydrogens is 453 g/mol. The Bertz CT molecular complexity index is 1360. The monoisotopic (exact) mass is 485 g/mol. The Hall–Kier alpha value is -3.51. The first-order valence-corrected chi connectivity index (χ1v) is 12.7. The lowest BCUT2D eigenvalue weighted by molar-refractivity contribution is 0.0980. The molecule has 0 N–H and O–H groups in total. The molecule has 1 atom stereocenters. The molecule has 6 heteroatoms. The zero-order valence-corrected chi connectivity index (χ0v) is 20.9. The topological polar surface area (TPSA) is 47.4 Å². The quantitative estimate of drug-likeness (QED) is 0.272. The van der Waals surface area contributed by atoms with Crippen LogP contribution in [0.4, 0.5) is 10.2 Å². The first-order valence-electron chi connectivity index (χ1n) is 12.7. The summed E-state index contributed by atoms with van der Waals surface area (Å²) in [5.41, 5.74) is 4.84. The number of Topliss-reactive ketones (excluding diaryl/α,β-unsaturated/α-hetero) is 1. The molecule has 0 saturated carbocycles. The molecule has 0 unspecified atom stereocenters. The summed E-state index contributed by atoms with van der Waals surface area (Å²) in [6.07, 6.45) is 5.92. The lowest BCUT2D eigenvalue weighted by atomic mass is 9.94. The molecule has 1 aliphatic heterocycles. The lowest BCUT2D eigenvalue weighted by Gasteiger charge is -2.27. The number of fused-ring (bicyclic) bond motifs is 1. The Balaban J connectivity index is 1.30. The van der Waals surface area contributed by atoms with Crippen LogP contribution in [0, 0.1) is 5.82 Å². The van der Waals surface area contributed by atoms with Crippen molar-refractivity contribution in [2.75, 3.05) is 31.2 Å². The largest absolute Gasteiger partial charge is 0.378 e. The van der Waals surface area contributed by atoms with E-state index in [4.69, 9.17) is 4.74 Å². The third-order valence-corrected chi connectivity index (χ3v) is 7.16. The molecule has 4 aromatic rings. The fourth-order valence-electron chi connectivity index (χ4n) is 5.01. The molecule has 2 aromatic carbocycles. The predicted octanol–water partition coefficient (Wildman–Crippen LogP) is 6.37. The van der Waals surface area contributed by atoms with Crippen molar-refractivity contribution in [2.24, 2.45) is 7.05 Å². The van der Waals surface area contributed by atoms with Crippen molar-refractivity contribution in [1.29, 1.82) is 0 Å². The second-order valence-electron chi connectivity index (χ2n) is 9.66. The van der Waals surface area contributed by atoms with Crippen LogP contribution in [0.25, 0.3) is 22.0 Å². The molecular formula is C30H32FN3O2. The fraction of sp³-hybridized carbons (Fsp3) is 0.333. The van der Waals surface area contributed by atoms with E-state index in [1.807, 2.05) is 30.1 Å². The maximum Gasteiger partial charge on any atom is 0.165 e. The van der Waals surface area contributed by atoms with Gasteiger partial charge in [-0.3, -0.25) is 4.79 Å². The standard InChI is InChI=1S/C30H32FN3O2/c1-21(22-6-4-7-25(31)17-22)5-3-8-29(35)27-20-33(2)28-11-9-23(18-26(27)28)24-10-12-30(32-19-24)34-13-15-36-16-14-34/h4,6-7,9-12,17-21H,3,5,8,13-16H2,1-2H3/t21-/m1/s1. The predicted molar refractivity (Wildman–Crippen MR) is 142 cm³/mol. The minimum absolute atomic E-state index is 0.144. The number of ketones is 1. The van der Waals surface area contributed by atoms with E-state index in [0.29, 0.717) is 6.42 Å². The number of aryl methyl sites for hydroxylation is 1. The van der Waals surface area contributed by atoms with Crippen LogP contribution in [0.15, 0.2) is 67.0 Å². The van der Waals surface area contributed by atoms with E-state index in [-0.39, 0.29) is 17.5 Å². The van der Waals surface area contributed by atoms with Crippen LogP contribution in [0.5, 0.6) is 0 Å². The van der Waals surface area contributed by atoms with Crippen molar-refractivity contribution in [2.45, 2.75) is 32.1 Å². The summed E-state index contributed by atoms with van der Waals surface area (Å²) < 4.78 is 21.0. The average Bonchev–Trinajstić information content (AvgIpc) is 3.25. The highest BCUT2D eigenvalue weighted by Crippen LogP contribution is 2.30. The van der Waals surface area contributed by atoms with Gasteiger partial charge in [-0.2, -0.15) is 0 Å². The molecule has 0 bridgehead atoms. The van der Waals surface area contributed by atoms with Crippen LogP contribution < -0.4 is 4.90 Å².